The van der Waals surface area contributed by atoms with Crippen molar-refractivity contribution in [3.8, 4) is 17.2 Å². The third kappa shape index (κ3) is 15.1. The average Bonchev–Trinajstić information content (AvgIpc) is 3.09. The van der Waals surface area contributed by atoms with Crippen molar-refractivity contribution in [2.45, 2.75) is 96.8 Å². The van der Waals surface area contributed by atoms with Crippen LogP contribution in [0.2, 0.25) is 0 Å². The Morgan fingerprint density at radius 1 is 0.574 bits per heavy atom. The van der Waals surface area contributed by atoms with E-state index in [1.165, 1.54) is 44.1 Å². The molecule has 0 unspecified atom stereocenters. The number of hydrogen-bond donors (Lipinski definition) is 0. The van der Waals surface area contributed by atoms with Crippen molar-refractivity contribution < 1.29 is 38.1 Å². The molecule has 0 aliphatic rings. The zero-order chi connectivity index (χ0) is 33.5. The lowest BCUT2D eigenvalue weighted by Crippen LogP contribution is -2.09. The molecule has 0 bridgehead atoms. The lowest BCUT2D eigenvalue weighted by atomic mass is 10.0. The zero-order valence-electron chi connectivity index (χ0n) is 27.6. The van der Waals surface area contributed by atoms with E-state index in [-0.39, 0.29) is 18.8 Å². The quantitative estimate of drug-likeness (QED) is 0.0436. The molecule has 47 heavy (non-hydrogen) atoms. The monoisotopic (exact) mass is 644 g/mol. The molecule has 3 aromatic rings. The summed E-state index contributed by atoms with van der Waals surface area (Å²) in [5, 5.41) is 0. The first-order valence-electron chi connectivity index (χ1n) is 16.9. The number of rotatable bonds is 23. The standard InChI is InChI=1S/C39H48O8/c1-2-3-4-5-6-7-10-14-31-16-18-32(19-17-31)38(42)46-35-24-26-36(27-25-35)47-39(43)33-20-22-34(23-21-33)44-29-11-8-9-12-30-45-37(41)15-13-28-40/h16-28H,2-15,29-30H2,1H3. The fraction of sp³-hybridized carbons (Fsp3) is 0.436. The van der Waals surface area contributed by atoms with Crippen molar-refractivity contribution in [3.63, 3.8) is 0 Å². The van der Waals surface area contributed by atoms with Crippen LogP contribution in [0.4, 0.5) is 0 Å². The second-order valence-corrected chi connectivity index (χ2v) is 11.5. The predicted molar refractivity (Wildman–Crippen MR) is 181 cm³/mol. The minimum absolute atomic E-state index is 0.134. The molecular weight excluding hydrogens is 596 g/mol. The van der Waals surface area contributed by atoms with Crippen LogP contribution in [-0.2, 0) is 20.7 Å². The van der Waals surface area contributed by atoms with Crippen LogP contribution in [0.25, 0.3) is 0 Å². The van der Waals surface area contributed by atoms with E-state index in [0.29, 0.717) is 47.9 Å². The van der Waals surface area contributed by atoms with Crippen LogP contribution in [0.5, 0.6) is 17.2 Å². The highest BCUT2D eigenvalue weighted by molar-refractivity contribution is 5.92. The van der Waals surface area contributed by atoms with E-state index in [4.69, 9.17) is 18.9 Å². The van der Waals surface area contributed by atoms with Gasteiger partial charge in [0, 0.05) is 6.42 Å². The van der Waals surface area contributed by atoms with Crippen molar-refractivity contribution in [2.24, 2.45) is 0 Å². The first-order chi connectivity index (χ1) is 23.0. The Morgan fingerprint density at radius 3 is 1.64 bits per heavy atom. The second-order valence-electron chi connectivity index (χ2n) is 11.5. The summed E-state index contributed by atoms with van der Waals surface area (Å²) in [5.74, 6) is 0.0581. The fourth-order valence-electron chi connectivity index (χ4n) is 4.87. The molecule has 8 nitrogen and oxygen atoms in total. The van der Waals surface area contributed by atoms with Crippen molar-refractivity contribution in [3.05, 3.63) is 89.5 Å². The van der Waals surface area contributed by atoms with Crippen LogP contribution in [0.1, 0.15) is 117 Å². The van der Waals surface area contributed by atoms with Crippen LogP contribution >= 0.6 is 0 Å². The van der Waals surface area contributed by atoms with Crippen molar-refractivity contribution >= 4 is 24.2 Å². The third-order valence-electron chi connectivity index (χ3n) is 7.63. The van der Waals surface area contributed by atoms with Gasteiger partial charge in [-0.15, -0.1) is 0 Å². The van der Waals surface area contributed by atoms with Gasteiger partial charge in [-0.25, -0.2) is 9.59 Å². The Hall–Kier alpha value is -4.46. The molecule has 0 N–H and O–H groups in total. The van der Waals surface area contributed by atoms with Gasteiger partial charge in [-0.3, -0.25) is 4.79 Å². The summed E-state index contributed by atoms with van der Waals surface area (Å²) >= 11 is 0. The van der Waals surface area contributed by atoms with Gasteiger partial charge in [0.05, 0.1) is 30.8 Å². The summed E-state index contributed by atoms with van der Waals surface area (Å²) in [6, 6.07) is 20.7. The first kappa shape index (κ1) is 37.0. The minimum atomic E-state index is -0.510. The molecule has 8 heteroatoms. The minimum Gasteiger partial charge on any atom is -0.494 e. The summed E-state index contributed by atoms with van der Waals surface area (Å²) in [4.78, 5) is 46.9. The maximum Gasteiger partial charge on any atom is 0.343 e. The van der Waals surface area contributed by atoms with E-state index in [9.17, 15) is 19.2 Å². The van der Waals surface area contributed by atoms with Gasteiger partial charge < -0.3 is 23.7 Å². The molecule has 0 heterocycles. The summed E-state index contributed by atoms with van der Waals surface area (Å²) in [5.41, 5.74) is 2.09. The molecule has 0 aliphatic carbocycles. The number of carbonyl (C=O) groups is 4. The maximum absolute atomic E-state index is 12.6. The number of unbranched alkanes of at least 4 members (excludes halogenated alkanes) is 9. The Morgan fingerprint density at radius 2 is 1.06 bits per heavy atom. The van der Waals surface area contributed by atoms with Crippen molar-refractivity contribution in [1.29, 1.82) is 0 Å². The highest BCUT2D eigenvalue weighted by Crippen LogP contribution is 2.21. The predicted octanol–water partition coefficient (Wildman–Crippen LogP) is 8.88. The molecule has 0 amide bonds. The molecule has 0 spiro atoms. The Balaban J connectivity index is 1.31. The largest absolute Gasteiger partial charge is 0.494 e. The van der Waals surface area contributed by atoms with Gasteiger partial charge in [0.25, 0.3) is 0 Å². The summed E-state index contributed by atoms with van der Waals surface area (Å²) in [6.07, 6.45) is 14.4. The Labute approximate surface area is 278 Å². The van der Waals surface area contributed by atoms with Gasteiger partial charge >= 0.3 is 17.9 Å². The lowest BCUT2D eigenvalue weighted by Gasteiger charge is -2.09. The van der Waals surface area contributed by atoms with E-state index in [2.05, 4.69) is 6.92 Å². The number of aryl methyl sites for hydroxylation is 1. The van der Waals surface area contributed by atoms with E-state index < -0.39 is 11.9 Å². The second kappa shape index (κ2) is 22.1. The molecule has 252 valence electrons. The molecule has 0 radical (unpaired) electrons. The number of hydrogen-bond acceptors (Lipinski definition) is 8. The van der Waals surface area contributed by atoms with Gasteiger partial charge in [-0.1, -0.05) is 57.6 Å². The number of carbonyl (C=O) groups excluding carboxylic acids is 4. The van der Waals surface area contributed by atoms with Gasteiger partial charge in [-0.05, 0) is 105 Å². The van der Waals surface area contributed by atoms with Crippen LogP contribution in [-0.4, -0.2) is 37.4 Å². The molecular formula is C39H48O8. The number of esters is 3. The van der Waals surface area contributed by atoms with Crippen molar-refractivity contribution in [2.75, 3.05) is 13.2 Å². The van der Waals surface area contributed by atoms with Gasteiger partial charge in [0.1, 0.15) is 23.5 Å². The first-order valence-corrected chi connectivity index (χ1v) is 16.9. The number of ether oxygens (including phenoxy) is 4. The molecule has 0 fully saturated rings. The molecule has 3 rings (SSSR count). The highest BCUT2D eigenvalue weighted by atomic mass is 16.5. The molecule has 0 saturated carbocycles. The van der Waals surface area contributed by atoms with Crippen LogP contribution in [0, 0.1) is 0 Å². The smallest absolute Gasteiger partial charge is 0.343 e. The van der Waals surface area contributed by atoms with Crippen LogP contribution in [0.3, 0.4) is 0 Å². The van der Waals surface area contributed by atoms with E-state index in [0.717, 1.165) is 38.5 Å². The molecule has 0 aliphatic heterocycles. The highest BCUT2D eigenvalue weighted by Gasteiger charge is 2.12. The number of aldehydes is 1. The van der Waals surface area contributed by atoms with Gasteiger partial charge in [-0.2, -0.15) is 0 Å². The SMILES string of the molecule is CCCCCCCCCc1ccc(C(=O)Oc2ccc(OC(=O)c3ccc(OCCCCCCOC(=O)CCC=O)cc3)cc2)cc1. The molecule has 0 atom stereocenters. The normalized spacial score (nSPS) is 10.7. The summed E-state index contributed by atoms with van der Waals surface area (Å²) in [7, 11) is 0. The molecule has 0 aromatic heterocycles. The maximum atomic E-state index is 12.6. The topological polar surface area (TPSA) is 105 Å². The van der Waals surface area contributed by atoms with Gasteiger partial charge in [0.2, 0.25) is 0 Å². The average molecular weight is 645 g/mol. The van der Waals surface area contributed by atoms with Crippen molar-refractivity contribution in [1.82, 2.24) is 0 Å². The molecule has 3 aromatic carbocycles. The lowest BCUT2D eigenvalue weighted by molar-refractivity contribution is -0.144. The Kier molecular flexibility index (Phi) is 17.4. The summed E-state index contributed by atoms with van der Waals surface area (Å²) < 4.78 is 21.8. The van der Waals surface area contributed by atoms with Gasteiger partial charge in [0.15, 0.2) is 0 Å². The fourth-order valence-corrected chi connectivity index (χ4v) is 4.87. The number of benzene rings is 3. The zero-order valence-corrected chi connectivity index (χ0v) is 27.6. The molecule has 0 saturated heterocycles. The summed E-state index contributed by atoms with van der Waals surface area (Å²) in [6.45, 7) is 3.13. The third-order valence-corrected chi connectivity index (χ3v) is 7.63. The Bertz CT molecular complexity index is 1350. The van der Waals surface area contributed by atoms with Crippen LogP contribution in [0.15, 0.2) is 72.8 Å². The van der Waals surface area contributed by atoms with E-state index >= 15 is 0 Å². The van der Waals surface area contributed by atoms with Crippen LogP contribution < -0.4 is 14.2 Å². The van der Waals surface area contributed by atoms with E-state index in [1.807, 2.05) is 12.1 Å². The van der Waals surface area contributed by atoms with E-state index in [1.54, 1.807) is 60.7 Å².